The Morgan fingerprint density at radius 1 is 0.864 bits per heavy atom. The van der Waals surface area contributed by atoms with Crippen LogP contribution in [-0.4, -0.2) is 27.4 Å². The minimum Gasteiger partial charge on any atom is -0.497 e. The topological polar surface area (TPSA) is 68.8 Å². The molecule has 0 unspecified atom stereocenters. The number of rotatable bonds is 5. The number of hydrogen-bond acceptors (Lipinski definition) is 4. The number of methoxy groups -OCH3 is 3. The Balaban J connectivity index is 2.08. The van der Waals surface area contributed by atoms with Crippen molar-refractivity contribution in [1.82, 2.24) is 0 Å². The molecule has 0 atom stereocenters. The number of anilines is 2. The molecule has 0 fully saturated rings. The first-order chi connectivity index (χ1) is 10.7. The minimum absolute atomic E-state index is 0.378. The summed E-state index contributed by atoms with van der Waals surface area (Å²) >= 11 is 0. The molecular weight excluding hydrogens is 284 g/mol. The summed E-state index contributed by atoms with van der Waals surface area (Å²) in [7, 11) is 4.67. The van der Waals surface area contributed by atoms with E-state index >= 15 is 0 Å². The van der Waals surface area contributed by atoms with Gasteiger partial charge in [0.15, 0.2) is 0 Å². The van der Waals surface area contributed by atoms with Crippen LogP contribution in [0.5, 0.6) is 17.2 Å². The molecule has 0 aliphatic heterocycles. The summed E-state index contributed by atoms with van der Waals surface area (Å²) < 4.78 is 15.5. The van der Waals surface area contributed by atoms with Gasteiger partial charge < -0.3 is 24.8 Å². The molecule has 0 radical (unpaired) electrons. The minimum atomic E-state index is -0.378. The molecule has 0 aromatic heterocycles. The van der Waals surface area contributed by atoms with Crippen LogP contribution in [0.3, 0.4) is 0 Å². The lowest BCUT2D eigenvalue weighted by atomic mass is 10.2. The van der Waals surface area contributed by atoms with E-state index in [1.807, 2.05) is 0 Å². The largest absolute Gasteiger partial charge is 0.497 e. The van der Waals surface area contributed by atoms with Gasteiger partial charge in [-0.1, -0.05) is 6.07 Å². The summed E-state index contributed by atoms with van der Waals surface area (Å²) in [5.74, 6) is 1.83. The van der Waals surface area contributed by atoms with Gasteiger partial charge in [0.1, 0.15) is 17.2 Å². The van der Waals surface area contributed by atoms with Gasteiger partial charge in [0.2, 0.25) is 0 Å². The van der Waals surface area contributed by atoms with Gasteiger partial charge >= 0.3 is 6.03 Å². The van der Waals surface area contributed by atoms with E-state index in [9.17, 15) is 4.79 Å². The van der Waals surface area contributed by atoms with Crippen molar-refractivity contribution in [2.45, 2.75) is 0 Å². The van der Waals surface area contributed by atoms with E-state index in [-0.39, 0.29) is 6.03 Å². The van der Waals surface area contributed by atoms with Crippen molar-refractivity contribution in [2.24, 2.45) is 0 Å². The zero-order chi connectivity index (χ0) is 15.9. The van der Waals surface area contributed by atoms with Crippen LogP contribution >= 0.6 is 0 Å². The number of hydrogen-bond donors (Lipinski definition) is 2. The number of benzene rings is 2. The quantitative estimate of drug-likeness (QED) is 0.888. The van der Waals surface area contributed by atoms with E-state index in [0.717, 1.165) is 0 Å². The van der Waals surface area contributed by atoms with Crippen LogP contribution < -0.4 is 24.8 Å². The maximum Gasteiger partial charge on any atom is 0.323 e. The molecule has 2 rings (SSSR count). The van der Waals surface area contributed by atoms with Crippen LogP contribution in [0.2, 0.25) is 0 Å². The molecular formula is C16H18N2O4. The molecule has 0 aliphatic rings. The van der Waals surface area contributed by atoms with Crippen molar-refractivity contribution in [3.63, 3.8) is 0 Å². The van der Waals surface area contributed by atoms with Gasteiger partial charge in [-0.2, -0.15) is 0 Å². The maximum absolute atomic E-state index is 12.1. The van der Waals surface area contributed by atoms with Gasteiger partial charge in [0, 0.05) is 17.8 Å². The Kier molecular flexibility index (Phi) is 5.08. The normalized spacial score (nSPS) is 9.77. The Bertz CT molecular complexity index is 658. The predicted molar refractivity (Wildman–Crippen MR) is 85.2 cm³/mol. The van der Waals surface area contributed by atoms with Crippen molar-refractivity contribution in [3.05, 3.63) is 42.5 Å². The van der Waals surface area contributed by atoms with Gasteiger partial charge in [-0.15, -0.1) is 0 Å². The fourth-order valence-corrected chi connectivity index (χ4v) is 1.89. The molecule has 0 spiro atoms. The Morgan fingerprint density at radius 2 is 1.59 bits per heavy atom. The molecule has 0 saturated carbocycles. The Labute approximate surface area is 129 Å². The van der Waals surface area contributed by atoms with Crippen LogP contribution in [0.25, 0.3) is 0 Å². The zero-order valence-corrected chi connectivity index (χ0v) is 12.7. The SMILES string of the molecule is COc1cccc(NC(=O)Nc2ccc(OC)cc2OC)c1. The van der Waals surface area contributed by atoms with Crippen LogP contribution in [0, 0.1) is 0 Å². The molecule has 2 N–H and O–H groups in total. The van der Waals surface area contributed by atoms with Crippen molar-refractivity contribution in [3.8, 4) is 17.2 Å². The Hall–Kier alpha value is -2.89. The third kappa shape index (κ3) is 3.82. The fraction of sp³-hybridized carbons (Fsp3) is 0.188. The van der Waals surface area contributed by atoms with Crippen molar-refractivity contribution < 1.29 is 19.0 Å². The third-order valence-corrected chi connectivity index (χ3v) is 2.98. The molecule has 6 nitrogen and oxygen atoms in total. The van der Waals surface area contributed by atoms with E-state index < -0.39 is 0 Å². The van der Waals surface area contributed by atoms with E-state index in [2.05, 4.69) is 10.6 Å². The molecule has 0 saturated heterocycles. The average Bonchev–Trinajstić information content (AvgIpc) is 2.55. The first kappa shape index (κ1) is 15.5. The second kappa shape index (κ2) is 7.21. The lowest BCUT2D eigenvalue weighted by Gasteiger charge is -2.12. The second-order valence-electron chi connectivity index (χ2n) is 4.38. The molecule has 2 amide bonds. The highest BCUT2D eigenvalue weighted by atomic mass is 16.5. The molecule has 0 heterocycles. The van der Waals surface area contributed by atoms with E-state index in [1.54, 1.807) is 56.7 Å². The first-order valence-electron chi connectivity index (χ1n) is 6.60. The molecule has 22 heavy (non-hydrogen) atoms. The van der Waals surface area contributed by atoms with Crippen LogP contribution in [0.15, 0.2) is 42.5 Å². The lowest BCUT2D eigenvalue weighted by molar-refractivity contribution is 0.262. The third-order valence-electron chi connectivity index (χ3n) is 2.98. The first-order valence-corrected chi connectivity index (χ1v) is 6.60. The van der Waals surface area contributed by atoms with E-state index in [1.165, 1.54) is 7.11 Å². The standard InChI is InChI=1S/C16H18N2O4/c1-20-12-6-4-5-11(9-12)17-16(19)18-14-8-7-13(21-2)10-15(14)22-3/h4-10H,1-3H3,(H2,17,18,19). The smallest absolute Gasteiger partial charge is 0.323 e. The molecule has 0 bridgehead atoms. The summed E-state index contributed by atoms with van der Waals surface area (Å²) in [6.07, 6.45) is 0. The number of carbonyl (C=O) groups is 1. The van der Waals surface area contributed by atoms with Crippen molar-refractivity contribution in [1.29, 1.82) is 0 Å². The lowest BCUT2D eigenvalue weighted by Crippen LogP contribution is -2.19. The highest BCUT2D eigenvalue weighted by Crippen LogP contribution is 2.29. The number of carbonyl (C=O) groups excluding carboxylic acids is 1. The summed E-state index contributed by atoms with van der Waals surface area (Å²) in [6, 6.07) is 11.9. The molecule has 6 heteroatoms. The highest BCUT2D eigenvalue weighted by Gasteiger charge is 2.09. The average molecular weight is 302 g/mol. The summed E-state index contributed by atoms with van der Waals surface area (Å²) in [6.45, 7) is 0. The summed E-state index contributed by atoms with van der Waals surface area (Å²) in [4.78, 5) is 12.1. The fourth-order valence-electron chi connectivity index (χ4n) is 1.89. The van der Waals surface area contributed by atoms with Crippen molar-refractivity contribution >= 4 is 17.4 Å². The number of urea groups is 1. The maximum atomic E-state index is 12.1. The molecule has 116 valence electrons. The number of nitrogens with one attached hydrogen (secondary N) is 2. The summed E-state index contributed by atoms with van der Waals surface area (Å²) in [5, 5.41) is 5.46. The zero-order valence-electron chi connectivity index (χ0n) is 12.7. The second-order valence-corrected chi connectivity index (χ2v) is 4.38. The van der Waals surface area contributed by atoms with Gasteiger partial charge in [-0.05, 0) is 24.3 Å². The molecule has 2 aromatic carbocycles. The monoisotopic (exact) mass is 302 g/mol. The molecule has 2 aromatic rings. The van der Waals surface area contributed by atoms with Gasteiger partial charge in [-0.3, -0.25) is 0 Å². The van der Waals surface area contributed by atoms with Crippen LogP contribution in [-0.2, 0) is 0 Å². The van der Waals surface area contributed by atoms with Crippen LogP contribution in [0.1, 0.15) is 0 Å². The van der Waals surface area contributed by atoms with Gasteiger partial charge in [0.05, 0.1) is 27.0 Å². The highest BCUT2D eigenvalue weighted by molar-refractivity contribution is 6.00. The number of amides is 2. The predicted octanol–water partition coefficient (Wildman–Crippen LogP) is 3.36. The van der Waals surface area contributed by atoms with E-state index in [0.29, 0.717) is 28.6 Å². The van der Waals surface area contributed by atoms with E-state index in [4.69, 9.17) is 14.2 Å². The number of ether oxygens (including phenoxy) is 3. The van der Waals surface area contributed by atoms with Gasteiger partial charge in [0.25, 0.3) is 0 Å². The molecule has 0 aliphatic carbocycles. The summed E-state index contributed by atoms with van der Waals surface area (Å²) in [5.41, 5.74) is 1.17. The van der Waals surface area contributed by atoms with Gasteiger partial charge in [-0.25, -0.2) is 4.79 Å². The van der Waals surface area contributed by atoms with Crippen molar-refractivity contribution in [2.75, 3.05) is 32.0 Å². The Morgan fingerprint density at radius 3 is 2.27 bits per heavy atom. The van der Waals surface area contributed by atoms with Crippen LogP contribution in [0.4, 0.5) is 16.2 Å².